The molecule has 0 fully saturated rings. The molecule has 2 nitrogen and oxygen atoms in total. The maximum Gasteiger partial charge on any atom is 0.0253 e. The molecule has 0 saturated heterocycles. The van der Waals surface area contributed by atoms with E-state index in [9.17, 15) is 0 Å². The van der Waals surface area contributed by atoms with Gasteiger partial charge in [0, 0.05) is 6.04 Å². The molecule has 0 aliphatic heterocycles. The molecule has 0 aromatic carbocycles. The van der Waals surface area contributed by atoms with Crippen molar-refractivity contribution in [1.29, 1.82) is 0 Å². The van der Waals surface area contributed by atoms with Gasteiger partial charge in [-0.1, -0.05) is 39.5 Å². The predicted octanol–water partition coefficient (Wildman–Crippen LogP) is 3.73. The number of thiophene rings is 1. The molecule has 98 valence electrons. The van der Waals surface area contributed by atoms with E-state index in [2.05, 4.69) is 36.1 Å². The molecule has 17 heavy (non-hydrogen) atoms. The fourth-order valence-corrected chi connectivity index (χ4v) is 2.97. The summed E-state index contributed by atoms with van der Waals surface area (Å²) in [6, 6.07) is 2.62. The topological polar surface area (TPSA) is 38.0 Å². The van der Waals surface area contributed by atoms with Crippen LogP contribution in [0.3, 0.4) is 0 Å². The van der Waals surface area contributed by atoms with Crippen LogP contribution in [0.25, 0.3) is 0 Å². The molecule has 0 aliphatic carbocycles. The van der Waals surface area contributed by atoms with Crippen LogP contribution >= 0.6 is 11.3 Å². The van der Waals surface area contributed by atoms with Gasteiger partial charge in [-0.3, -0.25) is 11.3 Å². The van der Waals surface area contributed by atoms with E-state index in [1.54, 1.807) is 11.3 Å². The average molecular weight is 254 g/mol. The molecule has 0 bridgehead atoms. The zero-order valence-corrected chi connectivity index (χ0v) is 11.9. The lowest BCUT2D eigenvalue weighted by Crippen LogP contribution is -2.38. The molecular weight excluding hydrogens is 228 g/mol. The van der Waals surface area contributed by atoms with E-state index in [4.69, 9.17) is 5.84 Å². The van der Waals surface area contributed by atoms with Gasteiger partial charge in [0.05, 0.1) is 0 Å². The molecule has 1 aromatic heterocycles. The third kappa shape index (κ3) is 5.66. The van der Waals surface area contributed by atoms with E-state index in [0.717, 1.165) is 12.3 Å². The van der Waals surface area contributed by atoms with Gasteiger partial charge in [-0.15, -0.1) is 0 Å². The Labute approximate surface area is 110 Å². The lowest BCUT2D eigenvalue weighted by Gasteiger charge is -2.21. The van der Waals surface area contributed by atoms with Crippen LogP contribution in [0.15, 0.2) is 16.8 Å². The fourth-order valence-electron chi connectivity index (χ4n) is 2.29. The molecule has 0 spiro atoms. The van der Waals surface area contributed by atoms with Crippen LogP contribution in [0, 0.1) is 5.92 Å². The zero-order valence-electron chi connectivity index (χ0n) is 11.1. The van der Waals surface area contributed by atoms with E-state index in [1.165, 1.54) is 37.7 Å². The first-order valence-corrected chi connectivity index (χ1v) is 7.71. The second-order valence-electron chi connectivity index (χ2n) is 4.85. The Morgan fingerprint density at radius 3 is 2.76 bits per heavy atom. The summed E-state index contributed by atoms with van der Waals surface area (Å²) < 4.78 is 0. The highest BCUT2D eigenvalue weighted by Gasteiger charge is 2.14. The number of hydrazine groups is 1. The highest BCUT2D eigenvalue weighted by molar-refractivity contribution is 7.07. The van der Waals surface area contributed by atoms with Crippen molar-refractivity contribution in [3.63, 3.8) is 0 Å². The van der Waals surface area contributed by atoms with Gasteiger partial charge < -0.3 is 0 Å². The van der Waals surface area contributed by atoms with Crippen LogP contribution in [-0.4, -0.2) is 6.04 Å². The van der Waals surface area contributed by atoms with Crippen LogP contribution in [0.4, 0.5) is 0 Å². The molecule has 0 amide bonds. The number of nitrogens with two attached hydrogens (primary N) is 1. The second-order valence-corrected chi connectivity index (χ2v) is 5.63. The lowest BCUT2D eigenvalue weighted by atomic mass is 9.90. The van der Waals surface area contributed by atoms with Crippen molar-refractivity contribution in [3.8, 4) is 0 Å². The Morgan fingerprint density at radius 2 is 2.24 bits per heavy atom. The highest BCUT2D eigenvalue weighted by atomic mass is 32.1. The summed E-state index contributed by atoms with van der Waals surface area (Å²) in [6.07, 6.45) is 7.50. The highest BCUT2D eigenvalue weighted by Crippen LogP contribution is 2.20. The van der Waals surface area contributed by atoms with Crippen LogP contribution < -0.4 is 11.3 Å². The molecule has 0 radical (unpaired) electrons. The smallest absolute Gasteiger partial charge is 0.0253 e. The molecule has 0 aliphatic rings. The predicted molar refractivity (Wildman–Crippen MR) is 77.1 cm³/mol. The lowest BCUT2D eigenvalue weighted by molar-refractivity contribution is 0.350. The van der Waals surface area contributed by atoms with Crippen LogP contribution in [0.1, 0.15) is 51.5 Å². The maximum absolute atomic E-state index is 5.67. The Morgan fingerprint density at radius 1 is 1.41 bits per heavy atom. The van der Waals surface area contributed by atoms with E-state index < -0.39 is 0 Å². The summed E-state index contributed by atoms with van der Waals surface area (Å²) in [5.74, 6) is 6.49. The molecule has 3 N–H and O–H groups in total. The van der Waals surface area contributed by atoms with E-state index in [-0.39, 0.29) is 0 Å². The van der Waals surface area contributed by atoms with Gasteiger partial charge in [0.2, 0.25) is 0 Å². The second kappa shape index (κ2) is 8.67. The van der Waals surface area contributed by atoms with Gasteiger partial charge in [0.1, 0.15) is 0 Å². The van der Waals surface area contributed by atoms with Crippen molar-refractivity contribution < 1.29 is 0 Å². The molecule has 1 aromatic rings. The SMILES string of the molecule is CCCCC(CC)CC(Cc1ccsc1)NN. The Balaban J connectivity index is 2.38. The number of nitrogens with one attached hydrogen (secondary N) is 1. The van der Waals surface area contributed by atoms with Crippen molar-refractivity contribution in [2.45, 2.75) is 58.4 Å². The molecule has 1 rings (SSSR count). The summed E-state index contributed by atoms with van der Waals surface area (Å²) in [5, 5.41) is 4.36. The minimum atomic E-state index is 0.423. The normalized spacial score (nSPS) is 14.8. The molecule has 2 unspecified atom stereocenters. The first-order valence-electron chi connectivity index (χ1n) is 6.77. The van der Waals surface area contributed by atoms with Crippen molar-refractivity contribution in [3.05, 3.63) is 22.4 Å². The molecular formula is C14H26N2S. The van der Waals surface area contributed by atoms with Gasteiger partial charge >= 0.3 is 0 Å². The molecule has 0 saturated carbocycles. The summed E-state index contributed by atoms with van der Waals surface area (Å²) in [6.45, 7) is 4.55. The largest absolute Gasteiger partial charge is 0.271 e. The molecule has 3 heteroatoms. The van der Waals surface area contributed by atoms with Gasteiger partial charge in [-0.2, -0.15) is 11.3 Å². The summed E-state index contributed by atoms with van der Waals surface area (Å²) in [5.41, 5.74) is 4.39. The summed E-state index contributed by atoms with van der Waals surface area (Å²) in [4.78, 5) is 0. The number of hydrogen-bond acceptors (Lipinski definition) is 3. The van der Waals surface area contributed by atoms with Crippen LogP contribution in [0.5, 0.6) is 0 Å². The minimum absolute atomic E-state index is 0.423. The third-order valence-electron chi connectivity index (χ3n) is 3.46. The van der Waals surface area contributed by atoms with Gasteiger partial charge in [-0.25, -0.2) is 0 Å². The first-order chi connectivity index (χ1) is 8.30. The monoisotopic (exact) mass is 254 g/mol. The van der Waals surface area contributed by atoms with E-state index in [1.807, 2.05) is 0 Å². The first kappa shape index (κ1) is 14.7. The zero-order chi connectivity index (χ0) is 12.5. The fraction of sp³-hybridized carbons (Fsp3) is 0.714. The average Bonchev–Trinajstić information content (AvgIpc) is 2.85. The van der Waals surface area contributed by atoms with Crippen LogP contribution in [-0.2, 0) is 6.42 Å². The Hall–Kier alpha value is -0.380. The van der Waals surface area contributed by atoms with Gasteiger partial charge in [0.25, 0.3) is 0 Å². The third-order valence-corrected chi connectivity index (χ3v) is 4.19. The quantitative estimate of drug-likeness (QED) is 0.520. The minimum Gasteiger partial charge on any atom is -0.271 e. The number of unbranched alkanes of at least 4 members (excludes halogenated alkanes) is 1. The van der Waals surface area contributed by atoms with Crippen molar-refractivity contribution in [2.24, 2.45) is 11.8 Å². The standard InChI is InChI=1S/C14H26N2S/c1-3-5-6-12(4-2)9-14(16-15)10-13-7-8-17-11-13/h7-8,11-12,14,16H,3-6,9-10,15H2,1-2H3. The van der Waals surface area contributed by atoms with Crippen molar-refractivity contribution in [1.82, 2.24) is 5.43 Å². The summed E-state index contributed by atoms with van der Waals surface area (Å²) in [7, 11) is 0. The van der Waals surface area contributed by atoms with Gasteiger partial charge in [0.15, 0.2) is 0 Å². The summed E-state index contributed by atoms with van der Waals surface area (Å²) >= 11 is 1.76. The number of rotatable bonds is 9. The van der Waals surface area contributed by atoms with Crippen molar-refractivity contribution in [2.75, 3.05) is 0 Å². The van der Waals surface area contributed by atoms with E-state index >= 15 is 0 Å². The van der Waals surface area contributed by atoms with Crippen LogP contribution in [0.2, 0.25) is 0 Å². The van der Waals surface area contributed by atoms with Gasteiger partial charge in [-0.05, 0) is 41.1 Å². The molecule has 1 heterocycles. The van der Waals surface area contributed by atoms with E-state index in [0.29, 0.717) is 6.04 Å². The van der Waals surface area contributed by atoms with Crippen molar-refractivity contribution >= 4 is 11.3 Å². The number of hydrogen-bond donors (Lipinski definition) is 2. The molecule has 2 atom stereocenters. The Kier molecular flexibility index (Phi) is 7.49. The Bertz CT molecular complexity index is 272. The maximum atomic E-state index is 5.67.